The number of aliphatic imine (C=N–C) groups is 1. The van der Waals surface area contributed by atoms with Gasteiger partial charge in [0.05, 0.1) is 6.34 Å². The summed E-state index contributed by atoms with van der Waals surface area (Å²) < 4.78 is 0. The Balaban J connectivity index is 0.000000181. The molecule has 0 unspecified atom stereocenters. The Bertz CT molecular complexity index is 408. The van der Waals surface area contributed by atoms with Gasteiger partial charge in [0.1, 0.15) is 6.67 Å². The minimum absolute atomic E-state index is 0.708. The van der Waals surface area contributed by atoms with E-state index in [9.17, 15) is 0 Å². The first kappa shape index (κ1) is 11.4. The number of nitrogens with zero attached hydrogens (tertiary/aromatic N) is 1. The second-order valence-electron chi connectivity index (χ2n) is 3.52. The molecule has 2 aromatic rings. The lowest BCUT2D eigenvalue weighted by Gasteiger charge is -1.98. The zero-order valence-corrected chi connectivity index (χ0v) is 9.51. The lowest BCUT2D eigenvalue weighted by molar-refractivity contribution is 0.731. The van der Waals surface area contributed by atoms with E-state index in [1.165, 1.54) is 11.1 Å². The number of hydrazine groups is 1. The SMILES string of the molecule is C1=NCNN1.c1ccc(-c2ccccc2)cc1. The van der Waals surface area contributed by atoms with Crippen molar-refractivity contribution in [2.45, 2.75) is 0 Å². The third kappa shape index (κ3) is 3.74. The topological polar surface area (TPSA) is 36.4 Å². The fourth-order valence-corrected chi connectivity index (χ4v) is 1.49. The van der Waals surface area contributed by atoms with Crippen molar-refractivity contribution >= 4 is 6.34 Å². The van der Waals surface area contributed by atoms with E-state index in [-0.39, 0.29) is 0 Å². The molecule has 0 saturated carbocycles. The standard InChI is InChI=1S/C12H10.C2H5N3/c1-3-7-11(8-4-1)12-9-5-2-6-10-12;1-3-2-5-4-1/h1-10H;1,5H,2H2,(H,3,4). The van der Waals surface area contributed by atoms with Crippen molar-refractivity contribution in [2.24, 2.45) is 4.99 Å². The summed E-state index contributed by atoms with van der Waals surface area (Å²) in [5.41, 5.74) is 7.98. The van der Waals surface area contributed by atoms with Gasteiger partial charge in [0, 0.05) is 0 Å². The van der Waals surface area contributed by atoms with E-state index in [2.05, 4.69) is 64.4 Å². The maximum Gasteiger partial charge on any atom is 0.107 e. The molecule has 0 amide bonds. The Kier molecular flexibility index (Phi) is 4.31. The van der Waals surface area contributed by atoms with Crippen molar-refractivity contribution < 1.29 is 0 Å². The molecule has 0 spiro atoms. The maximum absolute atomic E-state index is 3.74. The Labute approximate surface area is 101 Å². The smallest absolute Gasteiger partial charge is 0.107 e. The molecule has 0 aliphatic carbocycles. The highest BCUT2D eigenvalue weighted by Gasteiger charge is 1.91. The molecule has 2 aromatic carbocycles. The Morgan fingerprint density at radius 1 is 0.765 bits per heavy atom. The lowest BCUT2D eigenvalue weighted by Crippen LogP contribution is -2.22. The van der Waals surface area contributed by atoms with Crippen molar-refractivity contribution in [3.63, 3.8) is 0 Å². The fraction of sp³-hybridized carbons (Fsp3) is 0.0714. The van der Waals surface area contributed by atoms with Crippen molar-refractivity contribution in [2.75, 3.05) is 6.67 Å². The van der Waals surface area contributed by atoms with Gasteiger partial charge in [-0.3, -0.25) is 4.99 Å². The lowest BCUT2D eigenvalue weighted by atomic mass is 10.1. The summed E-state index contributed by atoms with van der Waals surface area (Å²) in [7, 11) is 0. The van der Waals surface area contributed by atoms with Gasteiger partial charge in [-0.2, -0.15) is 0 Å². The molecule has 3 nitrogen and oxygen atoms in total. The molecule has 3 heteroatoms. The monoisotopic (exact) mass is 225 g/mol. The molecule has 1 aliphatic heterocycles. The van der Waals surface area contributed by atoms with Crippen molar-refractivity contribution in [3.05, 3.63) is 60.7 Å². The van der Waals surface area contributed by atoms with Crippen LogP contribution in [0.3, 0.4) is 0 Å². The molecule has 0 radical (unpaired) electrons. The Morgan fingerprint density at radius 2 is 1.29 bits per heavy atom. The third-order valence-electron chi connectivity index (χ3n) is 2.31. The van der Waals surface area contributed by atoms with Crippen LogP contribution >= 0.6 is 0 Å². The highest BCUT2D eigenvalue weighted by atomic mass is 15.4. The van der Waals surface area contributed by atoms with Crippen LogP contribution in [-0.4, -0.2) is 13.0 Å². The van der Waals surface area contributed by atoms with E-state index in [1.807, 2.05) is 12.1 Å². The van der Waals surface area contributed by atoms with Gasteiger partial charge in [-0.1, -0.05) is 60.7 Å². The number of nitrogens with one attached hydrogen (secondary N) is 2. The molecule has 2 N–H and O–H groups in total. The van der Waals surface area contributed by atoms with Gasteiger partial charge in [-0.05, 0) is 11.1 Å². The molecule has 0 fully saturated rings. The summed E-state index contributed by atoms with van der Waals surface area (Å²) in [5.74, 6) is 0. The van der Waals surface area contributed by atoms with Crippen LogP contribution < -0.4 is 10.9 Å². The number of hydrogen-bond acceptors (Lipinski definition) is 3. The van der Waals surface area contributed by atoms with E-state index < -0.39 is 0 Å². The first-order chi connectivity index (χ1) is 8.47. The minimum Gasteiger partial charge on any atom is -0.310 e. The number of hydrogen-bond donors (Lipinski definition) is 2. The zero-order valence-electron chi connectivity index (χ0n) is 9.51. The predicted molar refractivity (Wildman–Crippen MR) is 71.5 cm³/mol. The van der Waals surface area contributed by atoms with Gasteiger partial charge >= 0.3 is 0 Å². The molecule has 0 saturated heterocycles. The highest BCUT2D eigenvalue weighted by Crippen LogP contribution is 2.17. The van der Waals surface area contributed by atoms with Crippen LogP contribution in [0.5, 0.6) is 0 Å². The molecule has 0 atom stereocenters. The molecule has 86 valence electrons. The number of benzene rings is 2. The minimum atomic E-state index is 0.708. The summed E-state index contributed by atoms with van der Waals surface area (Å²) in [6, 6.07) is 20.8. The van der Waals surface area contributed by atoms with Crippen LogP contribution in [0, 0.1) is 0 Å². The molecule has 1 aliphatic rings. The maximum atomic E-state index is 3.74. The van der Waals surface area contributed by atoms with Crippen LogP contribution in [0.2, 0.25) is 0 Å². The molecular weight excluding hydrogens is 210 g/mol. The second-order valence-corrected chi connectivity index (χ2v) is 3.52. The summed E-state index contributed by atoms with van der Waals surface area (Å²) in [5, 5.41) is 0. The normalized spacial score (nSPS) is 12.5. The van der Waals surface area contributed by atoms with Crippen molar-refractivity contribution in [3.8, 4) is 11.1 Å². The average Bonchev–Trinajstić information content (AvgIpc) is 3.00. The zero-order chi connectivity index (χ0) is 11.8. The van der Waals surface area contributed by atoms with Gasteiger partial charge in [0.15, 0.2) is 0 Å². The summed E-state index contributed by atoms with van der Waals surface area (Å²) >= 11 is 0. The van der Waals surface area contributed by atoms with Gasteiger partial charge in [-0.25, -0.2) is 5.43 Å². The summed E-state index contributed by atoms with van der Waals surface area (Å²) in [6.07, 6.45) is 1.62. The predicted octanol–water partition coefficient (Wildman–Crippen LogP) is 2.43. The van der Waals surface area contributed by atoms with E-state index in [0.717, 1.165) is 0 Å². The van der Waals surface area contributed by atoms with Crippen LogP contribution in [0.15, 0.2) is 65.7 Å². The largest absolute Gasteiger partial charge is 0.310 e. The van der Waals surface area contributed by atoms with Crippen LogP contribution in [0.4, 0.5) is 0 Å². The van der Waals surface area contributed by atoms with Crippen LogP contribution in [0.25, 0.3) is 11.1 Å². The first-order valence-corrected chi connectivity index (χ1v) is 5.54. The third-order valence-corrected chi connectivity index (χ3v) is 2.31. The molecule has 1 heterocycles. The van der Waals surface area contributed by atoms with E-state index in [0.29, 0.717) is 6.67 Å². The first-order valence-electron chi connectivity index (χ1n) is 5.54. The fourth-order valence-electron chi connectivity index (χ4n) is 1.49. The van der Waals surface area contributed by atoms with Gasteiger partial charge in [0.2, 0.25) is 0 Å². The molecule has 3 rings (SSSR count). The highest BCUT2D eigenvalue weighted by molar-refractivity contribution is 5.62. The number of rotatable bonds is 1. The van der Waals surface area contributed by atoms with Crippen LogP contribution in [0.1, 0.15) is 0 Å². The second kappa shape index (κ2) is 6.45. The quantitative estimate of drug-likeness (QED) is 0.782. The molecular formula is C14H15N3. The molecule has 17 heavy (non-hydrogen) atoms. The molecule has 0 aromatic heterocycles. The van der Waals surface area contributed by atoms with Crippen molar-refractivity contribution in [1.82, 2.24) is 10.9 Å². The average molecular weight is 225 g/mol. The Hall–Kier alpha value is -2.13. The molecule has 0 bridgehead atoms. The summed E-state index contributed by atoms with van der Waals surface area (Å²) in [4.78, 5) is 3.74. The van der Waals surface area contributed by atoms with E-state index in [4.69, 9.17) is 0 Å². The van der Waals surface area contributed by atoms with Crippen LogP contribution in [-0.2, 0) is 0 Å². The van der Waals surface area contributed by atoms with Crippen molar-refractivity contribution in [1.29, 1.82) is 0 Å². The summed E-state index contributed by atoms with van der Waals surface area (Å²) in [6.45, 7) is 0.708. The van der Waals surface area contributed by atoms with E-state index >= 15 is 0 Å². The van der Waals surface area contributed by atoms with Gasteiger partial charge in [-0.15, -0.1) is 0 Å². The van der Waals surface area contributed by atoms with Gasteiger partial charge in [0.25, 0.3) is 0 Å². The van der Waals surface area contributed by atoms with Gasteiger partial charge < -0.3 is 5.43 Å². The Morgan fingerprint density at radius 3 is 1.59 bits per heavy atom. The van der Waals surface area contributed by atoms with E-state index in [1.54, 1.807) is 6.34 Å².